The summed E-state index contributed by atoms with van der Waals surface area (Å²) in [6.45, 7) is 0. The maximum absolute atomic E-state index is 12.3. The van der Waals surface area contributed by atoms with Crippen LogP contribution in [0.15, 0.2) is 29.0 Å². The molecule has 3 aromatic rings. The lowest BCUT2D eigenvalue weighted by atomic mass is 10.3. The van der Waals surface area contributed by atoms with Crippen molar-refractivity contribution in [3.8, 4) is 11.7 Å². The van der Waals surface area contributed by atoms with Crippen molar-refractivity contribution in [2.24, 2.45) is 0 Å². The Hall–Kier alpha value is -2.36. The summed E-state index contributed by atoms with van der Waals surface area (Å²) in [7, 11) is 0. The summed E-state index contributed by atoms with van der Waals surface area (Å²) < 4.78 is 42.3. The highest BCUT2D eigenvalue weighted by Gasteiger charge is 2.31. The molecule has 1 aromatic carbocycles. The number of H-pyrrole nitrogens is 1. The molecule has 0 saturated heterocycles. The smallest absolute Gasteiger partial charge is 0.406 e. The Labute approximate surface area is 129 Å². The fraction of sp³-hybridized carbons (Fsp3) is 0.0833. The third kappa shape index (κ3) is 2.82. The van der Waals surface area contributed by atoms with Gasteiger partial charge in [0, 0.05) is 16.7 Å². The van der Waals surface area contributed by atoms with Crippen molar-refractivity contribution in [1.82, 2.24) is 19.7 Å². The number of carbonyl (C=O) groups excluding carboxylic acids is 1. The number of fused-ring (bicyclic) bond motifs is 1. The number of aromatic amines is 1. The first-order valence-corrected chi connectivity index (χ1v) is 6.53. The van der Waals surface area contributed by atoms with Gasteiger partial charge in [-0.3, -0.25) is 4.79 Å². The van der Waals surface area contributed by atoms with Crippen LogP contribution in [-0.2, 0) is 4.79 Å². The van der Waals surface area contributed by atoms with Crippen LogP contribution >= 0.6 is 15.9 Å². The predicted molar refractivity (Wildman–Crippen MR) is 72.4 cm³/mol. The minimum atomic E-state index is -4.79. The lowest BCUT2D eigenvalue weighted by Crippen LogP contribution is -2.17. The average molecular weight is 374 g/mol. The predicted octanol–water partition coefficient (Wildman–Crippen LogP) is 2.87. The molecule has 0 bridgehead atoms. The van der Waals surface area contributed by atoms with E-state index in [0.717, 1.165) is 6.07 Å². The standard InChI is InChI=1S/C12H5BrF3N4O2/c13-8-1-7(22-12(14,15)16)2-9-10(8)19-11(18-9)20-4-6(5-21)3-17-20/h1-4H,(H,18,19). The van der Waals surface area contributed by atoms with E-state index in [0.29, 0.717) is 9.99 Å². The van der Waals surface area contributed by atoms with Gasteiger partial charge in [0.1, 0.15) is 5.75 Å². The Kier molecular flexibility index (Phi) is 3.39. The molecule has 22 heavy (non-hydrogen) atoms. The van der Waals surface area contributed by atoms with E-state index in [9.17, 15) is 18.0 Å². The molecule has 0 atom stereocenters. The van der Waals surface area contributed by atoms with Gasteiger partial charge in [-0.2, -0.15) is 5.10 Å². The van der Waals surface area contributed by atoms with E-state index in [1.54, 1.807) is 6.29 Å². The van der Waals surface area contributed by atoms with Gasteiger partial charge in [-0.05, 0) is 22.0 Å². The largest absolute Gasteiger partial charge is 0.573 e. The molecule has 0 saturated carbocycles. The number of halogens is 4. The van der Waals surface area contributed by atoms with Gasteiger partial charge in [-0.1, -0.05) is 0 Å². The molecule has 0 spiro atoms. The van der Waals surface area contributed by atoms with Crippen molar-refractivity contribution < 1.29 is 22.7 Å². The lowest BCUT2D eigenvalue weighted by Gasteiger charge is -2.08. The average Bonchev–Trinajstić information content (AvgIpc) is 3.01. The van der Waals surface area contributed by atoms with Gasteiger partial charge in [-0.15, -0.1) is 13.2 Å². The molecule has 0 aliphatic rings. The van der Waals surface area contributed by atoms with Crippen LogP contribution < -0.4 is 4.74 Å². The number of rotatable bonds is 3. The highest BCUT2D eigenvalue weighted by molar-refractivity contribution is 9.10. The van der Waals surface area contributed by atoms with Crippen molar-refractivity contribution in [2.75, 3.05) is 0 Å². The molecule has 1 radical (unpaired) electrons. The number of nitrogens with one attached hydrogen (secondary N) is 1. The molecule has 2 heterocycles. The Morgan fingerprint density at radius 1 is 1.36 bits per heavy atom. The fourth-order valence-electron chi connectivity index (χ4n) is 1.83. The number of hydrogen-bond acceptors (Lipinski definition) is 4. The second-order valence-electron chi connectivity index (χ2n) is 4.18. The Morgan fingerprint density at radius 2 is 2.14 bits per heavy atom. The van der Waals surface area contributed by atoms with Crippen LogP contribution in [0, 0.1) is 0 Å². The van der Waals surface area contributed by atoms with Crippen LogP contribution in [0.25, 0.3) is 17.0 Å². The number of nitrogens with zero attached hydrogens (tertiary/aromatic N) is 3. The summed E-state index contributed by atoms with van der Waals surface area (Å²) >= 11 is 3.15. The molecule has 2 aromatic heterocycles. The quantitative estimate of drug-likeness (QED) is 0.766. The second kappa shape index (κ2) is 5.13. The molecule has 1 N–H and O–H groups in total. The molecule has 0 aliphatic heterocycles. The van der Waals surface area contributed by atoms with Crippen LogP contribution in [-0.4, -0.2) is 32.4 Å². The molecule has 0 unspecified atom stereocenters. The zero-order valence-corrected chi connectivity index (χ0v) is 12.1. The molecule has 0 fully saturated rings. The third-order valence-electron chi connectivity index (χ3n) is 2.66. The Morgan fingerprint density at radius 3 is 2.77 bits per heavy atom. The Bertz CT molecular complexity index is 856. The summed E-state index contributed by atoms with van der Waals surface area (Å²) in [4.78, 5) is 17.5. The molecular weight excluding hydrogens is 369 g/mol. The molecule has 6 nitrogen and oxygen atoms in total. The van der Waals surface area contributed by atoms with E-state index in [4.69, 9.17) is 0 Å². The monoisotopic (exact) mass is 373 g/mol. The molecule has 0 aliphatic carbocycles. The van der Waals surface area contributed by atoms with Crippen LogP contribution in [0.3, 0.4) is 0 Å². The zero-order valence-electron chi connectivity index (χ0n) is 10.5. The highest BCUT2D eigenvalue weighted by atomic mass is 79.9. The first-order valence-electron chi connectivity index (χ1n) is 5.74. The normalized spacial score (nSPS) is 11.8. The Balaban J connectivity index is 2.05. The first-order chi connectivity index (χ1) is 10.4. The summed E-state index contributed by atoms with van der Waals surface area (Å²) in [5, 5.41) is 3.90. The van der Waals surface area contributed by atoms with E-state index in [2.05, 4.69) is 35.7 Å². The topological polar surface area (TPSA) is 72.8 Å². The molecule has 10 heteroatoms. The molecule has 3 rings (SSSR count). The maximum atomic E-state index is 12.3. The fourth-order valence-corrected chi connectivity index (χ4v) is 2.35. The van der Waals surface area contributed by atoms with Crippen molar-refractivity contribution in [1.29, 1.82) is 0 Å². The SMILES string of the molecule is O=[C]c1cnn(-c2nc3cc(OC(F)(F)F)cc(Br)c3[nH]2)c1. The van der Waals surface area contributed by atoms with Crippen LogP contribution in [0.1, 0.15) is 5.56 Å². The number of benzene rings is 1. The van der Waals surface area contributed by atoms with Crippen LogP contribution in [0.4, 0.5) is 13.2 Å². The van der Waals surface area contributed by atoms with Gasteiger partial charge in [0.15, 0.2) is 0 Å². The summed E-state index contributed by atoms with van der Waals surface area (Å²) in [6.07, 6.45) is -0.455. The van der Waals surface area contributed by atoms with Crippen molar-refractivity contribution in [2.45, 2.75) is 6.36 Å². The van der Waals surface area contributed by atoms with Crippen molar-refractivity contribution in [3.05, 3.63) is 34.6 Å². The minimum Gasteiger partial charge on any atom is -0.406 e. The summed E-state index contributed by atoms with van der Waals surface area (Å²) in [5.74, 6) is -0.159. The van der Waals surface area contributed by atoms with E-state index in [1.165, 1.54) is 23.1 Å². The van der Waals surface area contributed by atoms with Crippen molar-refractivity contribution >= 4 is 33.2 Å². The van der Waals surface area contributed by atoms with E-state index >= 15 is 0 Å². The maximum Gasteiger partial charge on any atom is 0.573 e. The summed E-state index contributed by atoms with van der Waals surface area (Å²) in [5.41, 5.74) is 0.938. The first kappa shape index (κ1) is 14.6. The lowest BCUT2D eigenvalue weighted by molar-refractivity contribution is -0.274. The van der Waals surface area contributed by atoms with Crippen molar-refractivity contribution in [3.63, 3.8) is 0 Å². The van der Waals surface area contributed by atoms with E-state index in [1.807, 2.05) is 0 Å². The van der Waals surface area contributed by atoms with E-state index < -0.39 is 12.1 Å². The highest BCUT2D eigenvalue weighted by Crippen LogP contribution is 2.31. The number of alkyl halides is 3. The van der Waals surface area contributed by atoms with Gasteiger partial charge >= 0.3 is 6.36 Å². The number of aromatic nitrogens is 4. The second-order valence-corrected chi connectivity index (χ2v) is 5.04. The number of imidazole rings is 1. The van der Waals surface area contributed by atoms with E-state index in [-0.39, 0.29) is 17.0 Å². The third-order valence-corrected chi connectivity index (χ3v) is 3.28. The molecular formula is C12H5BrF3N4O2. The van der Waals surface area contributed by atoms with Gasteiger partial charge in [0.25, 0.3) is 0 Å². The van der Waals surface area contributed by atoms with Gasteiger partial charge in [0.05, 0.1) is 22.8 Å². The zero-order chi connectivity index (χ0) is 15.9. The van der Waals surface area contributed by atoms with Gasteiger partial charge < -0.3 is 9.72 Å². The summed E-state index contributed by atoms with van der Waals surface area (Å²) in [6, 6.07) is 2.31. The van der Waals surface area contributed by atoms with Crippen LogP contribution in [0.2, 0.25) is 0 Å². The number of ether oxygens (including phenoxy) is 1. The number of hydrogen-bond donors (Lipinski definition) is 1. The van der Waals surface area contributed by atoms with Gasteiger partial charge in [-0.25, -0.2) is 9.67 Å². The van der Waals surface area contributed by atoms with Crippen LogP contribution in [0.5, 0.6) is 5.75 Å². The molecule has 113 valence electrons. The molecule has 0 amide bonds. The van der Waals surface area contributed by atoms with Gasteiger partial charge in [0.2, 0.25) is 12.2 Å². The minimum absolute atomic E-state index is 0.223.